The molecule has 5 heteroatoms. The molecule has 0 bridgehead atoms. The average molecular weight is 249 g/mol. The van der Waals surface area contributed by atoms with Gasteiger partial charge in [0.1, 0.15) is 12.1 Å². The second kappa shape index (κ2) is 4.81. The van der Waals surface area contributed by atoms with Gasteiger partial charge in [0, 0.05) is 29.6 Å². The fourth-order valence-corrected chi connectivity index (χ4v) is 1.79. The predicted octanol–water partition coefficient (Wildman–Crippen LogP) is 2.18. The van der Waals surface area contributed by atoms with Crippen LogP contribution >= 0.6 is 0 Å². The van der Waals surface area contributed by atoms with E-state index in [1.165, 1.54) is 6.33 Å². The topological polar surface area (TPSA) is 77.6 Å². The molecule has 2 heterocycles. The van der Waals surface area contributed by atoms with E-state index in [1.807, 2.05) is 24.3 Å². The molecule has 0 aliphatic carbocycles. The van der Waals surface area contributed by atoms with Crippen LogP contribution in [0.5, 0.6) is 0 Å². The summed E-state index contributed by atoms with van der Waals surface area (Å²) in [7, 11) is 0. The lowest BCUT2D eigenvalue weighted by Crippen LogP contribution is -1.92. The first-order chi connectivity index (χ1) is 9.33. The van der Waals surface area contributed by atoms with Crippen LogP contribution < -0.4 is 5.73 Å². The lowest BCUT2D eigenvalue weighted by Gasteiger charge is -2.03. The third-order valence-electron chi connectivity index (χ3n) is 2.73. The molecule has 0 atom stereocenters. The van der Waals surface area contributed by atoms with Gasteiger partial charge in [0.05, 0.1) is 17.6 Å². The number of hydrogen-bond acceptors (Lipinski definition) is 5. The van der Waals surface area contributed by atoms with Gasteiger partial charge in [-0.3, -0.25) is 9.97 Å². The molecule has 2 N–H and O–H groups in total. The second-order valence-corrected chi connectivity index (χ2v) is 4.00. The molecule has 0 radical (unpaired) electrons. The standard InChI is InChI=1S/C14H11N5/c15-14-7-12(18-9-19-14)10-1-3-11(4-2-10)13-8-16-5-6-17-13/h1-9H,(H2,15,18,19). The Morgan fingerprint density at radius 2 is 1.53 bits per heavy atom. The van der Waals surface area contributed by atoms with E-state index in [2.05, 4.69) is 19.9 Å². The van der Waals surface area contributed by atoms with E-state index < -0.39 is 0 Å². The van der Waals surface area contributed by atoms with Crippen molar-refractivity contribution in [1.82, 2.24) is 19.9 Å². The maximum atomic E-state index is 5.65. The summed E-state index contributed by atoms with van der Waals surface area (Å²) in [5, 5.41) is 0. The number of anilines is 1. The highest BCUT2D eigenvalue weighted by molar-refractivity contribution is 5.67. The first-order valence-electron chi connectivity index (χ1n) is 5.77. The van der Waals surface area contributed by atoms with Gasteiger partial charge < -0.3 is 5.73 Å². The molecular formula is C14H11N5. The Labute approximate surface area is 110 Å². The molecule has 92 valence electrons. The van der Waals surface area contributed by atoms with Crippen molar-refractivity contribution in [2.75, 3.05) is 5.73 Å². The van der Waals surface area contributed by atoms with Crippen molar-refractivity contribution in [3.8, 4) is 22.5 Å². The van der Waals surface area contributed by atoms with E-state index in [0.717, 1.165) is 22.5 Å². The monoisotopic (exact) mass is 249 g/mol. The van der Waals surface area contributed by atoms with E-state index >= 15 is 0 Å². The zero-order chi connectivity index (χ0) is 13.1. The fourth-order valence-electron chi connectivity index (χ4n) is 1.79. The summed E-state index contributed by atoms with van der Waals surface area (Å²) in [5.74, 6) is 0.461. The molecule has 19 heavy (non-hydrogen) atoms. The average Bonchev–Trinajstić information content (AvgIpc) is 2.48. The number of hydrogen-bond donors (Lipinski definition) is 1. The van der Waals surface area contributed by atoms with Crippen molar-refractivity contribution >= 4 is 5.82 Å². The molecule has 0 unspecified atom stereocenters. The molecule has 0 fully saturated rings. The highest BCUT2D eigenvalue weighted by Crippen LogP contribution is 2.22. The molecule has 0 aliphatic rings. The summed E-state index contributed by atoms with van der Waals surface area (Å²) >= 11 is 0. The number of nitrogens with zero attached hydrogens (tertiary/aromatic N) is 4. The Hall–Kier alpha value is -2.82. The molecule has 5 nitrogen and oxygen atoms in total. The minimum absolute atomic E-state index is 0.461. The van der Waals surface area contributed by atoms with Crippen LogP contribution in [0.1, 0.15) is 0 Å². The second-order valence-electron chi connectivity index (χ2n) is 4.00. The lowest BCUT2D eigenvalue weighted by molar-refractivity contribution is 1.18. The van der Waals surface area contributed by atoms with Crippen LogP contribution in [-0.4, -0.2) is 19.9 Å². The molecule has 3 aromatic rings. The zero-order valence-corrected chi connectivity index (χ0v) is 10.1. The molecule has 3 rings (SSSR count). The number of nitrogen functional groups attached to an aromatic ring is 1. The van der Waals surface area contributed by atoms with E-state index in [-0.39, 0.29) is 0 Å². The normalized spacial score (nSPS) is 10.3. The minimum atomic E-state index is 0.461. The molecular weight excluding hydrogens is 238 g/mol. The Balaban J connectivity index is 1.95. The number of aromatic nitrogens is 4. The predicted molar refractivity (Wildman–Crippen MR) is 72.9 cm³/mol. The zero-order valence-electron chi connectivity index (χ0n) is 10.1. The Morgan fingerprint density at radius 3 is 2.16 bits per heavy atom. The van der Waals surface area contributed by atoms with Gasteiger partial charge in [-0.1, -0.05) is 24.3 Å². The van der Waals surface area contributed by atoms with E-state index in [9.17, 15) is 0 Å². The summed E-state index contributed by atoms with van der Waals surface area (Å²) in [6.07, 6.45) is 6.52. The lowest BCUT2D eigenvalue weighted by atomic mass is 10.1. The summed E-state index contributed by atoms with van der Waals surface area (Å²) < 4.78 is 0. The van der Waals surface area contributed by atoms with E-state index in [1.54, 1.807) is 24.7 Å². The highest BCUT2D eigenvalue weighted by Gasteiger charge is 2.02. The maximum Gasteiger partial charge on any atom is 0.127 e. The van der Waals surface area contributed by atoms with E-state index in [0.29, 0.717) is 5.82 Å². The van der Waals surface area contributed by atoms with Gasteiger partial charge in [0.25, 0.3) is 0 Å². The van der Waals surface area contributed by atoms with Crippen molar-refractivity contribution in [2.24, 2.45) is 0 Å². The van der Waals surface area contributed by atoms with Crippen molar-refractivity contribution < 1.29 is 0 Å². The van der Waals surface area contributed by atoms with Gasteiger partial charge in [-0.2, -0.15) is 0 Å². The molecule has 0 saturated carbocycles. The smallest absolute Gasteiger partial charge is 0.127 e. The van der Waals surface area contributed by atoms with Crippen LogP contribution in [0, 0.1) is 0 Å². The van der Waals surface area contributed by atoms with Gasteiger partial charge >= 0.3 is 0 Å². The maximum absolute atomic E-state index is 5.65. The van der Waals surface area contributed by atoms with Crippen LogP contribution in [0.3, 0.4) is 0 Å². The van der Waals surface area contributed by atoms with E-state index in [4.69, 9.17) is 5.73 Å². The van der Waals surface area contributed by atoms with Crippen LogP contribution in [0.2, 0.25) is 0 Å². The first-order valence-corrected chi connectivity index (χ1v) is 5.77. The first kappa shape index (κ1) is 11.3. The van der Waals surface area contributed by atoms with Crippen LogP contribution in [0.4, 0.5) is 5.82 Å². The van der Waals surface area contributed by atoms with Crippen molar-refractivity contribution in [2.45, 2.75) is 0 Å². The summed E-state index contributed by atoms with van der Waals surface area (Å²) in [5.41, 5.74) is 9.30. The number of rotatable bonds is 2. The summed E-state index contributed by atoms with van der Waals surface area (Å²) in [4.78, 5) is 16.4. The van der Waals surface area contributed by atoms with Gasteiger partial charge in [-0.25, -0.2) is 9.97 Å². The molecule has 2 aromatic heterocycles. The SMILES string of the molecule is Nc1cc(-c2ccc(-c3cnccn3)cc2)ncn1. The number of nitrogens with two attached hydrogens (primary N) is 1. The highest BCUT2D eigenvalue weighted by atomic mass is 14.9. The Kier molecular flexibility index (Phi) is 2.86. The molecule has 0 aliphatic heterocycles. The van der Waals surface area contributed by atoms with Crippen LogP contribution in [0.25, 0.3) is 22.5 Å². The van der Waals surface area contributed by atoms with Crippen molar-refractivity contribution in [3.63, 3.8) is 0 Å². The molecule has 1 aromatic carbocycles. The van der Waals surface area contributed by atoms with Crippen LogP contribution in [0.15, 0.2) is 55.2 Å². The third-order valence-corrected chi connectivity index (χ3v) is 2.73. The third kappa shape index (κ3) is 2.40. The molecule has 0 saturated heterocycles. The quantitative estimate of drug-likeness (QED) is 0.753. The minimum Gasteiger partial charge on any atom is -0.384 e. The van der Waals surface area contributed by atoms with Gasteiger partial charge in [0.15, 0.2) is 0 Å². The van der Waals surface area contributed by atoms with Gasteiger partial charge in [0.2, 0.25) is 0 Å². The van der Waals surface area contributed by atoms with Crippen molar-refractivity contribution in [1.29, 1.82) is 0 Å². The Morgan fingerprint density at radius 1 is 0.789 bits per heavy atom. The summed E-state index contributed by atoms with van der Waals surface area (Å²) in [6.45, 7) is 0. The van der Waals surface area contributed by atoms with Crippen molar-refractivity contribution in [3.05, 3.63) is 55.2 Å². The summed E-state index contributed by atoms with van der Waals surface area (Å²) in [6, 6.07) is 9.67. The largest absolute Gasteiger partial charge is 0.384 e. The fraction of sp³-hybridized carbons (Fsp3) is 0. The van der Waals surface area contributed by atoms with Gasteiger partial charge in [-0.05, 0) is 0 Å². The van der Waals surface area contributed by atoms with Crippen LogP contribution in [-0.2, 0) is 0 Å². The van der Waals surface area contributed by atoms with Gasteiger partial charge in [-0.15, -0.1) is 0 Å². The molecule has 0 amide bonds. The number of benzene rings is 1. The molecule has 0 spiro atoms. The Bertz CT molecular complexity index is 680.